The van der Waals surface area contributed by atoms with Crippen LogP contribution in [0.15, 0.2) is 23.2 Å². The Morgan fingerprint density at radius 3 is 2.85 bits per heavy atom. The Balaban J connectivity index is 2.13. The minimum Gasteiger partial charge on any atom is -0.341 e. The predicted molar refractivity (Wildman–Crippen MR) is 77.7 cm³/mol. The normalized spacial score (nSPS) is 14.8. The van der Waals surface area contributed by atoms with Gasteiger partial charge in [0.15, 0.2) is 0 Å². The average Bonchev–Trinajstić information content (AvgIpc) is 3.24. The molecule has 0 aromatic heterocycles. The Morgan fingerprint density at radius 2 is 2.25 bits per heavy atom. The molecule has 0 aliphatic heterocycles. The Labute approximate surface area is 121 Å². The van der Waals surface area contributed by atoms with Gasteiger partial charge in [0.25, 0.3) is 0 Å². The molecule has 1 saturated carbocycles. The second-order valence-electron chi connectivity index (χ2n) is 4.56. The average molecular weight is 299 g/mol. The number of hydrogen-bond donors (Lipinski definition) is 3. The van der Waals surface area contributed by atoms with Crippen LogP contribution in [0.1, 0.15) is 12.8 Å². The van der Waals surface area contributed by atoms with Crippen molar-refractivity contribution in [2.24, 2.45) is 10.9 Å². The van der Waals surface area contributed by atoms with E-state index in [4.69, 9.17) is 11.6 Å². The van der Waals surface area contributed by atoms with Crippen LogP contribution >= 0.6 is 11.6 Å². The fourth-order valence-corrected chi connectivity index (χ4v) is 1.75. The third-order valence-electron chi connectivity index (χ3n) is 2.87. The molecular weight excluding hydrogens is 283 g/mol. The fraction of sp³-hybridized carbons (Fsp3) is 0.385. The van der Waals surface area contributed by atoms with E-state index in [-0.39, 0.29) is 16.7 Å². The first-order valence-electron chi connectivity index (χ1n) is 6.34. The van der Waals surface area contributed by atoms with Crippen LogP contribution in [0, 0.1) is 11.7 Å². The van der Waals surface area contributed by atoms with E-state index < -0.39 is 11.8 Å². The second kappa shape index (κ2) is 6.56. The van der Waals surface area contributed by atoms with Gasteiger partial charge in [-0.05, 0) is 30.9 Å². The highest BCUT2D eigenvalue weighted by atomic mass is 35.5. The van der Waals surface area contributed by atoms with Crippen LogP contribution in [0.5, 0.6) is 0 Å². The molecule has 5 nitrogen and oxygen atoms in total. The third kappa shape index (κ3) is 4.09. The van der Waals surface area contributed by atoms with Gasteiger partial charge < -0.3 is 10.6 Å². The molecule has 0 heterocycles. The molecule has 108 valence electrons. The Bertz CT molecular complexity index is 511. The molecule has 2 amide bonds. The molecule has 1 aromatic rings. The number of hydrogen-bond acceptors (Lipinski definition) is 2. The minimum absolute atomic E-state index is 0.0973. The van der Waals surface area contributed by atoms with Crippen molar-refractivity contribution in [1.29, 1.82) is 0 Å². The molecule has 3 N–H and O–H groups in total. The van der Waals surface area contributed by atoms with Gasteiger partial charge in [-0.25, -0.2) is 9.18 Å². The van der Waals surface area contributed by atoms with Gasteiger partial charge in [0.1, 0.15) is 5.82 Å². The summed E-state index contributed by atoms with van der Waals surface area (Å²) in [6.45, 7) is 0.596. The summed E-state index contributed by atoms with van der Waals surface area (Å²) < 4.78 is 13.7. The molecule has 1 aliphatic carbocycles. The van der Waals surface area contributed by atoms with Crippen LogP contribution in [0.2, 0.25) is 5.02 Å². The quantitative estimate of drug-likeness (QED) is 0.593. The molecule has 0 bridgehead atoms. The molecule has 0 unspecified atom stereocenters. The van der Waals surface area contributed by atoms with Crippen LogP contribution in [0.4, 0.5) is 14.9 Å². The van der Waals surface area contributed by atoms with Crippen molar-refractivity contribution in [2.45, 2.75) is 12.8 Å². The lowest BCUT2D eigenvalue weighted by Gasteiger charge is -2.13. The number of benzene rings is 1. The van der Waals surface area contributed by atoms with Gasteiger partial charge in [-0.15, -0.1) is 0 Å². The smallest absolute Gasteiger partial charge is 0.321 e. The number of halogens is 2. The molecule has 1 fully saturated rings. The van der Waals surface area contributed by atoms with E-state index in [0.717, 1.165) is 12.8 Å². The van der Waals surface area contributed by atoms with E-state index >= 15 is 0 Å². The van der Waals surface area contributed by atoms with E-state index in [2.05, 4.69) is 20.9 Å². The van der Waals surface area contributed by atoms with Gasteiger partial charge >= 0.3 is 6.03 Å². The number of guanidine groups is 1. The summed E-state index contributed by atoms with van der Waals surface area (Å²) in [7, 11) is 1.49. The van der Waals surface area contributed by atoms with Gasteiger partial charge in [0.05, 0.1) is 10.7 Å². The molecule has 7 heteroatoms. The number of para-hydroxylation sites is 1. The number of nitrogens with one attached hydrogen (secondary N) is 3. The zero-order valence-corrected chi connectivity index (χ0v) is 11.8. The number of carbonyl (C=O) groups excluding carboxylic acids is 1. The first-order valence-corrected chi connectivity index (χ1v) is 6.72. The van der Waals surface area contributed by atoms with Gasteiger partial charge in [-0.2, -0.15) is 0 Å². The molecule has 1 aromatic carbocycles. The monoisotopic (exact) mass is 298 g/mol. The van der Waals surface area contributed by atoms with E-state index in [1.54, 1.807) is 6.07 Å². The lowest BCUT2D eigenvalue weighted by molar-refractivity contribution is 0.247. The van der Waals surface area contributed by atoms with Gasteiger partial charge in [0, 0.05) is 13.6 Å². The number of carbonyl (C=O) groups is 1. The van der Waals surface area contributed by atoms with Gasteiger partial charge in [0.2, 0.25) is 5.96 Å². The van der Waals surface area contributed by atoms with Crippen LogP contribution in [-0.2, 0) is 0 Å². The van der Waals surface area contributed by atoms with Crippen LogP contribution in [0.3, 0.4) is 0 Å². The number of amides is 2. The molecule has 2 rings (SSSR count). The number of rotatable bonds is 3. The van der Waals surface area contributed by atoms with Crippen LogP contribution in [0.25, 0.3) is 0 Å². The Hall–Kier alpha value is -1.82. The summed E-state index contributed by atoms with van der Waals surface area (Å²) in [6.07, 6.45) is 2.27. The predicted octanol–water partition coefficient (Wildman–Crippen LogP) is 2.59. The van der Waals surface area contributed by atoms with Crippen LogP contribution < -0.4 is 16.0 Å². The minimum atomic E-state index is -0.504. The lowest BCUT2D eigenvalue weighted by Crippen LogP contribution is -2.41. The zero-order valence-electron chi connectivity index (χ0n) is 11.0. The standard InChI is InChI=1S/C13H16ClFN4O/c1-16-13(20)19-12(17-7-8-5-6-8)18-11-9(14)3-2-4-10(11)15/h2-4,8H,5-7H2,1H3,(H3,16,17,18,19,20). The summed E-state index contributed by atoms with van der Waals surface area (Å²) >= 11 is 5.93. The summed E-state index contributed by atoms with van der Waals surface area (Å²) in [5, 5.41) is 7.89. The Morgan fingerprint density at radius 1 is 1.50 bits per heavy atom. The molecule has 0 spiro atoms. The highest BCUT2D eigenvalue weighted by Crippen LogP contribution is 2.29. The highest BCUT2D eigenvalue weighted by Gasteiger charge is 2.21. The number of nitrogens with zero attached hydrogens (tertiary/aromatic N) is 1. The summed E-state index contributed by atoms with van der Waals surface area (Å²) in [5.74, 6) is 0.230. The lowest BCUT2D eigenvalue weighted by atomic mass is 10.3. The topological polar surface area (TPSA) is 65.5 Å². The summed E-state index contributed by atoms with van der Waals surface area (Å²) in [6, 6.07) is 3.92. The maximum atomic E-state index is 13.7. The van der Waals surface area contributed by atoms with Gasteiger partial charge in [-0.1, -0.05) is 17.7 Å². The zero-order chi connectivity index (χ0) is 14.5. The third-order valence-corrected chi connectivity index (χ3v) is 3.18. The summed E-state index contributed by atoms with van der Waals surface area (Å²) in [5.41, 5.74) is 0.0973. The molecule has 0 radical (unpaired) electrons. The van der Waals surface area contributed by atoms with E-state index in [1.807, 2.05) is 0 Å². The highest BCUT2D eigenvalue weighted by molar-refractivity contribution is 6.33. The van der Waals surface area contributed by atoms with Crippen LogP contribution in [-0.4, -0.2) is 25.6 Å². The first kappa shape index (κ1) is 14.6. The molecular formula is C13H16ClFN4O. The van der Waals surface area contributed by atoms with Crippen molar-refractivity contribution >= 4 is 29.3 Å². The second-order valence-corrected chi connectivity index (χ2v) is 4.97. The molecule has 0 saturated heterocycles. The van der Waals surface area contributed by atoms with Gasteiger partial charge in [-0.3, -0.25) is 10.3 Å². The number of aliphatic imine (C=N–C) groups is 1. The van der Waals surface area contributed by atoms with E-state index in [9.17, 15) is 9.18 Å². The largest absolute Gasteiger partial charge is 0.341 e. The Kier molecular flexibility index (Phi) is 4.79. The van der Waals surface area contributed by atoms with Crippen molar-refractivity contribution in [1.82, 2.24) is 10.6 Å². The summed E-state index contributed by atoms with van der Waals surface area (Å²) in [4.78, 5) is 15.6. The molecule has 0 atom stereocenters. The fourth-order valence-electron chi connectivity index (χ4n) is 1.54. The maximum absolute atomic E-state index is 13.7. The SMILES string of the molecule is CNC(=O)NC(=NCC1CC1)Nc1c(F)cccc1Cl. The van der Waals surface area contributed by atoms with Crippen molar-refractivity contribution < 1.29 is 9.18 Å². The van der Waals surface area contributed by atoms with E-state index in [0.29, 0.717) is 12.5 Å². The number of urea groups is 1. The van der Waals surface area contributed by atoms with Crippen molar-refractivity contribution in [3.63, 3.8) is 0 Å². The molecule has 1 aliphatic rings. The first-order chi connectivity index (χ1) is 9.60. The maximum Gasteiger partial charge on any atom is 0.321 e. The van der Waals surface area contributed by atoms with E-state index in [1.165, 1.54) is 19.2 Å². The van der Waals surface area contributed by atoms with Crippen molar-refractivity contribution in [3.05, 3.63) is 29.0 Å². The molecule has 20 heavy (non-hydrogen) atoms. The van der Waals surface area contributed by atoms with Crippen molar-refractivity contribution in [3.8, 4) is 0 Å². The number of anilines is 1. The van der Waals surface area contributed by atoms with Crippen molar-refractivity contribution in [2.75, 3.05) is 18.9 Å².